The zero-order chi connectivity index (χ0) is 29.9. The number of nitrogens with zero attached hydrogens (tertiary/aromatic N) is 2. The van der Waals surface area contributed by atoms with Gasteiger partial charge in [-0.15, -0.1) is 0 Å². The van der Waals surface area contributed by atoms with E-state index in [0.29, 0.717) is 37.7 Å². The zero-order valence-corrected chi connectivity index (χ0v) is 26.0. The number of nitrogens with one attached hydrogen (secondary N) is 1. The molecule has 4 aliphatic rings. The quantitative estimate of drug-likeness (QED) is 0.401. The van der Waals surface area contributed by atoms with Crippen LogP contribution >= 0.6 is 11.6 Å². The lowest BCUT2D eigenvalue weighted by molar-refractivity contribution is -0.0315. The average Bonchev–Trinajstić information content (AvgIpc) is 3.06. The number of carbonyl (C=O) groups excluding carboxylic acids is 1. The number of ether oxygens (including phenoxy) is 1. The lowest BCUT2D eigenvalue weighted by Gasteiger charge is -2.48. The molecule has 0 unspecified atom stereocenters. The van der Waals surface area contributed by atoms with Crippen molar-refractivity contribution >= 4 is 33.3 Å². The number of aryl methyl sites for hydroxylation is 1. The first kappa shape index (κ1) is 29.5. The molecular formula is C32H40ClN3O5S. The van der Waals surface area contributed by atoms with Gasteiger partial charge in [-0.3, -0.25) is 4.79 Å². The molecule has 10 heteroatoms. The molecule has 3 heterocycles. The highest BCUT2D eigenvalue weighted by Crippen LogP contribution is 2.47. The van der Waals surface area contributed by atoms with Gasteiger partial charge < -0.3 is 14.7 Å². The Morgan fingerprint density at radius 3 is 2.76 bits per heavy atom. The van der Waals surface area contributed by atoms with E-state index in [9.17, 15) is 18.3 Å². The summed E-state index contributed by atoms with van der Waals surface area (Å²) < 4.78 is 35.1. The number of amides is 1. The molecule has 2 N–H and O–H groups in total. The molecule has 2 aliphatic carbocycles. The highest BCUT2D eigenvalue weighted by Gasteiger charge is 2.47. The van der Waals surface area contributed by atoms with E-state index in [1.807, 2.05) is 32.1 Å². The molecule has 2 aromatic rings. The molecule has 6 rings (SSSR count). The number of sulfonamides is 1. The second kappa shape index (κ2) is 10.8. The van der Waals surface area contributed by atoms with Crippen molar-refractivity contribution in [3.05, 3.63) is 64.3 Å². The van der Waals surface area contributed by atoms with Gasteiger partial charge in [-0.25, -0.2) is 18.1 Å². The first-order valence-electron chi connectivity index (χ1n) is 15.0. The predicted molar refractivity (Wildman–Crippen MR) is 164 cm³/mol. The third-order valence-electron chi connectivity index (χ3n) is 10.2. The Labute approximate surface area is 253 Å². The van der Waals surface area contributed by atoms with E-state index in [0.717, 1.165) is 37.1 Å². The Morgan fingerprint density at radius 1 is 1.19 bits per heavy atom. The number of pyridine rings is 1. The van der Waals surface area contributed by atoms with Crippen molar-refractivity contribution in [2.45, 2.75) is 75.6 Å². The third kappa shape index (κ3) is 5.33. The summed E-state index contributed by atoms with van der Waals surface area (Å²) in [5.41, 5.74) is 1.15. The molecule has 1 spiro atoms. The maximum atomic E-state index is 13.3. The van der Waals surface area contributed by atoms with E-state index in [2.05, 4.69) is 21.8 Å². The summed E-state index contributed by atoms with van der Waals surface area (Å²) in [7, 11) is -3.97. The summed E-state index contributed by atoms with van der Waals surface area (Å²) in [6.07, 6.45) is 8.97. The van der Waals surface area contributed by atoms with Crippen molar-refractivity contribution in [2.75, 3.05) is 24.6 Å². The Kier molecular flexibility index (Phi) is 7.59. The molecule has 42 heavy (non-hydrogen) atoms. The van der Waals surface area contributed by atoms with E-state index in [1.54, 1.807) is 13.0 Å². The minimum Gasteiger partial charge on any atom is -0.489 e. The van der Waals surface area contributed by atoms with Crippen LogP contribution in [0, 0.1) is 17.8 Å². The largest absolute Gasteiger partial charge is 0.489 e. The average molecular weight is 614 g/mol. The van der Waals surface area contributed by atoms with Crippen LogP contribution < -0.4 is 14.4 Å². The molecule has 2 bridgehead atoms. The van der Waals surface area contributed by atoms with Gasteiger partial charge in [0, 0.05) is 23.5 Å². The van der Waals surface area contributed by atoms with Gasteiger partial charge >= 0.3 is 0 Å². The van der Waals surface area contributed by atoms with E-state index in [4.69, 9.17) is 21.3 Å². The molecule has 1 aromatic carbocycles. The minimum absolute atomic E-state index is 0.0294. The van der Waals surface area contributed by atoms with Crippen LogP contribution in [0.15, 0.2) is 42.5 Å². The second-order valence-corrected chi connectivity index (χ2v) is 15.6. The van der Waals surface area contributed by atoms with Gasteiger partial charge in [0.15, 0.2) is 11.6 Å². The lowest BCUT2D eigenvalue weighted by atomic mass is 9.64. The van der Waals surface area contributed by atoms with Crippen molar-refractivity contribution in [3.63, 3.8) is 0 Å². The van der Waals surface area contributed by atoms with Crippen molar-refractivity contribution in [3.8, 4) is 5.75 Å². The minimum atomic E-state index is -3.97. The zero-order valence-electron chi connectivity index (χ0n) is 24.5. The normalized spacial score (nSPS) is 35.1. The number of halogens is 1. The number of hydrogen-bond acceptors (Lipinski definition) is 7. The number of rotatable bonds is 0. The third-order valence-corrected chi connectivity index (χ3v) is 12.4. The summed E-state index contributed by atoms with van der Waals surface area (Å²) in [5.74, 6) is 0.349. The van der Waals surface area contributed by atoms with Gasteiger partial charge in [-0.05, 0) is 106 Å². The van der Waals surface area contributed by atoms with Gasteiger partial charge in [-0.1, -0.05) is 36.7 Å². The lowest BCUT2D eigenvalue weighted by Crippen LogP contribution is -2.51. The molecule has 1 fully saturated rings. The predicted octanol–water partition coefficient (Wildman–Crippen LogP) is 5.03. The number of allylic oxidation sites excluding steroid dienone is 1. The second-order valence-electron chi connectivity index (χ2n) is 13.1. The van der Waals surface area contributed by atoms with Crippen LogP contribution in [0.4, 0.5) is 5.82 Å². The monoisotopic (exact) mass is 613 g/mol. The number of hydrogen-bond donors (Lipinski definition) is 2. The maximum absolute atomic E-state index is 13.3. The molecular weight excluding hydrogens is 574 g/mol. The molecule has 8 nitrogen and oxygen atoms in total. The van der Waals surface area contributed by atoms with E-state index in [1.165, 1.54) is 17.2 Å². The van der Waals surface area contributed by atoms with Crippen LogP contribution in [0.2, 0.25) is 5.02 Å². The molecule has 1 amide bonds. The maximum Gasteiger partial charge on any atom is 0.283 e. The molecule has 226 valence electrons. The molecule has 2 aliphatic heterocycles. The van der Waals surface area contributed by atoms with Gasteiger partial charge in [0.25, 0.3) is 5.91 Å². The standard InChI is InChI=1S/C32H40ClN3O5S/c1-20-6-4-14-31(3,38)25-10-8-23(25)17-36-18-32(15-5-7-22-16-24(33)9-11-26(22)32)19-41-28-13-12-27(34-29(28)36)30(37)35-42(39,40)21(20)2/h4,9,11-14,16,20-21,23,25,38H,5-8,10,15,17-19H2,1-3H3,(H,35,37)/b14-4-/t20-,21+,23-,25+,31+,32-/m0/s1. The van der Waals surface area contributed by atoms with Crippen LogP contribution in [0.3, 0.4) is 0 Å². The van der Waals surface area contributed by atoms with Crippen molar-refractivity contribution in [1.82, 2.24) is 9.71 Å². The van der Waals surface area contributed by atoms with Crippen LogP contribution in [0.1, 0.15) is 74.5 Å². The fourth-order valence-electron chi connectivity index (χ4n) is 7.36. The Morgan fingerprint density at radius 2 is 2.00 bits per heavy atom. The number of anilines is 1. The van der Waals surface area contributed by atoms with Crippen molar-refractivity contribution < 1.29 is 23.1 Å². The topological polar surface area (TPSA) is 109 Å². The number of carbonyl (C=O) groups is 1. The van der Waals surface area contributed by atoms with Crippen LogP contribution in [0.5, 0.6) is 5.75 Å². The van der Waals surface area contributed by atoms with Gasteiger partial charge in [-0.2, -0.15) is 0 Å². The highest BCUT2D eigenvalue weighted by molar-refractivity contribution is 7.90. The summed E-state index contributed by atoms with van der Waals surface area (Å²) in [4.78, 5) is 20.2. The van der Waals surface area contributed by atoms with E-state index >= 15 is 0 Å². The number of benzene rings is 1. The van der Waals surface area contributed by atoms with Crippen molar-refractivity contribution in [1.29, 1.82) is 0 Å². The van der Waals surface area contributed by atoms with Crippen molar-refractivity contribution in [2.24, 2.45) is 17.8 Å². The van der Waals surface area contributed by atoms with Gasteiger partial charge in [0.05, 0.1) is 17.5 Å². The van der Waals surface area contributed by atoms with Crippen LogP contribution in [-0.4, -0.2) is 55.0 Å². The van der Waals surface area contributed by atoms with Crippen LogP contribution in [0.25, 0.3) is 0 Å². The SMILES string of the molecule is C[C@@H]1[C@@H](C)C/C=C\[C@@](C)(O)[C@@H]2CC[C@H]2CN2C[C@@]3(CCCc4cc(Cl)ccc43)COc3ccc(nc32)C(=O)NS1(=O)=O. The summed E-state index contributed by atoms with van der Waals surface area (Å²) >= 11 is 6.38. The first-order chi connectivity index (χ1) is 19.9. The summed E-state index contributed by atoms with van der Waals surface area (Å²) in [6, 6.07) is 9.38. The molecule has 1 saturated carbocycles. The molecule has 6 atom stereocenters. The summed E-state index contributed by atoms with van der Waals surface area (Å²) in [6.45, 7) is 7.02. The fraction of sp³-hybridized carbons (Fsp3) is 0.562. The highest BCUT2D eigenvalue weighted by atomic mass is 35.5. The van der Waals surface area contributed by atoms with E-state index < -0.39 is 26.8 Å². The number of fused-ring (bicyclic) bond motifs is 4. The van der Waals surface area contributed by atoms with Crippen LogP contribution in [-0.2, 0) is 21.9 Å². The Hall–Kier alpha value is -2.62. The molecule has 1 aromatic heterocycles. The van der Waals surface area contributed by atoms with E-state index in [-0.39, 0.29) is 28.9 Å². The molecule has 0 saturated heterocycles. The Bertz CT molecular complexity index is 1530. The first-order valence-corrected chi connectivity index (χ1v) is 16.9. The fourth-order valence-corrected chi connectivity index (χ4v) is 8.83. The number of aliphatic hydroxyl groups is 1. The smallest absolute Gasteiger partial charge is 0.283 e. The molecule has 0 radical (unpaired) electrons. The number of aromatic nitrogens is 1. The summed E-state index contributed by atoms with van der Waals surface area (Å²) in [5, 5.41) is 11.5. The Balaban J connectivity index is 1.44. The van der Waals surface area contributed by atoms with Gasteiger partial charge in [0.2, 0.25) is 10.0 Å². The van der Waals surface area contributed by atoms with Gasteiger partial charge in [0.1, 0.15) is 5.69 Å².